The Labute approximate surface area is 194 Å². The molecular formula is C25H30ClN3O3. The van der Waals surface area contributed by atoms with Gasteiger partial charge in [0.25, 0.3) is 5.91 Å². The van der Waals surface area contributed by atoms with Crippen LogP contribution in [-0.4, -0.2) is 56.0 Å². The molecule has 0 aliphatic carbocycles. The first-order valence-electron chi connectivity index (χ1n) is 11.1. The summed E-state index contributed by atoms with van der Waals surface area (Å²) in [6, 6.07) is 13.7. The zero-order valence-corrected chi connectivity index (χ0v) is 19.7. The maximum atomic E-state index is 13.1. The van der Waals surface area contributed by atoms with Gasteiger partial charge in [-0.3, -0.25) is 14.5 Å². The molecule has 4 rings (SSSR count). The molecule has 0 saturated carbocycles. The lowest BCUT2D eigenvalue weighted by atomic mass is 9.82. The van der Waals surface area contributed by atoms with Crippen LogP contribution < -0.4 is 14.5 Å². The SMILES string of the molecule is CCC(C)(C)c1ccc2c(c1)N(CC(=O)N1CCN(c3ccccc3Cl)CC1)C(=O)CO2. The molecule has 2 heterocycles. The normalized spacial score (nSPS) is 16.6. The van der Waals surface area contributed by atoms with Crippen molar-refractivity contribution in [2.45, 2.75) is 32.6 Å². The second kappa shape index (κ2) is 9.02. The summed E-state index contributed by atoms with van der Waals surface area (Å²) in [5.41, 5.74) is 2.77. The molecule has 6 nitrogen and oxygen atoms in total. The number of ether oxygens (including phenoxy) is 1. The minimum absolute atomic E-state index is 0.0251. The molecule has 0 unspecified atom stereocenters. The van der Waals surface area contributed by atoms with Gasteiger partial charge < -0.3 is 14.5 Å². The van der Waals surface area contributed by atoms with Crippen molar-refractivity contribution < 1.29 is 14.3 Å². The fraction of sp³-hybridized carbons (Fsp3) is 0.440. The van der Waals surface area contributed by atoms with Crippen LogP contribution in [0.25, 0.3) is 0 Å². The number of fused-ring (bicyclic) bond motifs is 1. The number of carbonyl (C=O) groups excluding carboxylic acids is 2. The predicted octanol–water partition coefficient (Wildman–Crippen LogP) is 4.10. The Morgan fingerprint density at radius 1 is 1.06 bits per heavy atom. The Morgan fingerprint density at radius 3 is 2.47 bits per heavy atom. The first kappa shape index (κ1) is 22.5. The third-order valence-corrected chi connectivity index (χ3v) is 7.01. The van der Waals surface area contributed by atoms with Gasteiger partial charge in [0, 0.05) is 26.2 Å². The van der Waals surface area contributed by atoms with E-state index < -0.39 is 0 Å². The number of halogens is 1. The van der Waals surface area contributed by atoms with Gasteiger partial charge in [-0.15, -0.1) is 0 Å². The first-order chi connectivity index (χ1) is 15.3. The second-order valence-electron chi connectivity index (χ2n) is 9.01. The lowest BCUT2D eigenvalue weighted by molar-refractivity contribution is -0.132. The molecule has 170 valence electrons. The van der Waals surface area contributed by atoms with Gasteiger partial charge in [0.2, 0.25) is 5.91 Å². The summed E-state index contributed by atoms with van der Waals surface area (Å²) in [5.74, 6) is 0.411. The third kappa shape index (κ3) is 4.42. The van der Waals surface area contributed by atoms with E-state index in [0.717, 1.165) is 17.7 Å². The molecule has 2 aromatic carbocycles. The van der Waals surface area contributed by atoms with E-state index in [4.69, 9.17) is 16.3 Å². The highest BCUT2D eigenvalue weighted by atomic mass is 35.5. The number of amides is 2. The molecule has 0 bridgehead atoms. The Hall–Kier alpha value is -2.73. The Bertz CT molecular complexity index is 1020. The van der Waals surface area contributed by atoms with E-state index in [1.807, 2.05) is 47.4 Å². The number of piperazine rings is 1. The predicted molar refractivity (Wildman–Crippen MR) is 128 cm³/mol. The van der Waals surface area contributed by atoms with Crippen LogP contribution in [0.2, 0.25) is 5.02 Å². The Kier molecular flexibility index (Phi) is 6.33. The van der Waals surface area contributed by atoms with E-state index in [0.29, 0.717) is 42.6 Å². The molecule has 0 spiro atoms. The number of benzene rings is 2. The molecule has 0 radical (unpaired) electrons. The number of anilines is 2. The summed E-state index contributed by atoms with van der Waals surface area (Å²) in [7, 11) is 0. The number of hydrogen-bond acceptors (Lipinski definition) is 4. The van der Waals surface area contributed by atoms with Crippen LogP contribution in [-0.2, 0) is 15.0 Å². The molecule has 1 fully saturated rings. The zero-order chi connectivity index (χ0) is 22.9. The number of para-hydroxylation sites is 1. The van der Waals surface area contributed by atoms with Crippen LogP contribution in [0.15, 0.2) is 42.5 Å². The minimum atomic E-state index is -0.188. The number of hydrogen-bond donors (Lipinski definition) is 0. The number of carbonyl (C=O) groups is 2. The maximum absolute atomic E-state index is 13.1. The monoisotopic (exact) mass is 455 g/mol. The maximum Gasteiger partial charge on any atom is 0.265 e. The highest BCUT2D eigenvalue weighted by Crippen LogP contribution is 2.37. The van der Waals surface area contributed by atoms with Gasteiger partial charge in [-0.05, 0) is 41.7 Å². The molecule has 32 heavy (non-hydrogen) atoms. The summed E-state index contributed by atoms with van der Waals surface area (Å²) < 4.78 is 5.63. The minimum Gasteiger partial charge on any atom is -0.482 e. The summed E-state index contributed by atoms with van der Waals surface area (Å²) >= 11 is 6.33. The van der Waals surface area contributed by atoms with Gasteiger partial charge in [-0.1, -0.05) is 50.6 Å². The summed E-state index contributed by atoms with van der Waals surface area (Å²) in [6.07, 6.45) is 0.967. The van der Waals surface area contributed by atoms with E-state index in [1.54, 1.807) is 4.90 Å². The average molecular weight is 456 g/mol. The van der Waals surface area contributed by atoms with E-state index >= 15 is 0 Å². The van der Waals surface area contributed by atoms with Gasteiger partial charge in [0.05, 0.1) is 16.4 Å². The van der Waals surface area contributed by atoms with Crippen LogP contribution in [0, 0.1) is 0 Å². The average Bonchev–Trinajstić information content (AvgIpc) is 2.81. The molecular weight excluding hydrogens is 426 g/mol. The van der Waals surface area contributed by atoms with Crippen molar-refractivity contribution in [1.29, 1.82) is 0 Å². The van der Waals surface area contributed by atoms with Crippen molar-refractivity contribution >= 4 is 34.8 Å². The molecule has 0 atom stereocenters. The van der Waals surface area contributed by atoms with Gasteiger partial charge >= 0.3 is 0 Å². The first-order valence-corrected chi connectivity index (χ1v) is 11.5. The lowest BCUT2D eigenvalue weighted by Crippen LogP contribution is -2.53. The molecule has 1 saturated heterocycles. The van der Waals surface area contributed by atoms with Crippen molar-refractivity contribution in [3.63, 3.8) is 0 Å². The van der Waals surface area contributed by atoms with Crippen molar-refractivity contribution in [3.05, 3.63) is 53.1 Å². The third-order valence-electron chi connectivity index (χ3n) is 6.69. The molecule has 7 heteroatoms. The molecule has 2 aromatic rings. The Balaban J connectivity index is 1.47. The summed E-state index contributed by atoms with van der Waals surface area (Å²) in [6.45, 7) is 9.08. The summed E-state index contributed by atoms with van der Waals surface area (Å²) in [4.78, 5) is 31.4. The van der Waals surface area contributed by atoms with Gasteiger partial charge in [0.15, 0.2) is 6.61 Å². The molecule has 2 amide bonds. The van der Waals surface area contributed by atoms with Crippen LogP contribution in [0.4, 0.5) is 11.4 Å². The van der Waals surface area contributed by atoms with Crippen molar-refractivity contribution in [1.82, 2.24) is 4.90 Å². The fourth-order valence-corrected chi connectivity index (χ4v) is 4.40. The van der Waals surface area contributed by atoms with Crippen LogP contribution >= 0.6 is 11.6 Å². The van der Waals surface area contributed by atoms with Gasteiger partial charge in [-0.25, -0.2) is 0 Å². The highest BCUT2D eigenvalue weighted by Gasteiger charge is 2.31. The second-order valence-corrected chi connectivity index (χ2v) is 9.41. The topological polar surface area (TPSA) is 53.1 Å². The molecule has 2 aliphatic heterocycles. The number of rotatable bonds is 5. The fourth-order valence-electron chi connectivity index (χ4n) is 4.14. The molecule has 0 N–H and O–H groups in total. The smallest absolute Gasteiger partial charge is 0.265 e. The summed E-state index contributed by atoms with van der Waals surface area (Å²) in [5, 5.41) is 0.716. The van der Waals surface area contributed by atoms with Crippen molar-refractivity contribution in [3.8, 4) is 5.75 Å². The van der Waals surface area contributed by atoms with Crippen molar-refractivity contribution in [2.24, 2.45) is 0 Å². The lowest BCUT2D eigenvalue weighted by Gasteiger charge is -2.38. The van der Waals surface area contributed by atoms with E-state index in [2.05, 4.69) is 25.7 Å². The Morgan fingerprint density at radius 2 is 1.78 bits per heavy atom. The van der Waals surface area contributed by atoms with Crippen LogP contribution in [0.1, 0.15) is 32.8 Å². The van der Waals surface area contributed by atoms with Crippen LogP contribution in [0.5, 0.6) is 5.75 Å². The zero-order valence-electron chi connectivity index (χ0n) is 18.9. The highest BCUT2D eigenvalue weighted by molar-refractivity contribution is 6.33. The molecule has 2 aliphatic rings. The van der Waals surface area contributed by atoms with Crippen LogP contribution in [0.3, 0.4) is 0 Å². The quantitative estimate of drug-likeness (QED) is 0.681. The standard InChI is InChI=1S/C25H30ClN3O3/c1-4-25(2,3)18-9-10-22-21(15-18)29(24(31)17-32-22)16-23(30)28-13-11-27(12-14-28)20-8-6-5-7-19(20)26/h5-10,15H,4,11-14,16-17H2,1-3H3. The van der Waals surface area contributed by atoms with E-state index in [9.17, 15) is 9.59 Å². The van der Waals surface area contributed by atoms with Gasteiger partial charge in [-0.2, -0.15) is 0 Å². The number of nitrogens with zero attached hydrogens (tertiary/aromatic N) is 3. The van der Waals surface area contributed by atoms with E-state index in [1.165, 1.54) is 0 Å². The van der Waals surface area contributed by atoms with Gasteiger partial charge in [0.1, 0.15) is 12.3 Å². The van der Waals surface area contributed by atoms with Crippen molar-refractivity contribution in [2.75, 3.05) is 49.1 Å². The van der Waals surface area contributed by atoms with E-state index in [-0.39, 0.29) is 30.4 Å². The molecule has 0 aromatic heterocycles. The largest absolute Gasteiger partial charge is 0.482 e.